The zero-order valence-electron chi connectivity index (χ0n) is 22.2. The number of carbonyl (C=O) groups is 4. The Bertz CT molecular complexity index is 519. The monoisotopic (exact) mass is 542 g/mol. The molecule has 0 amide bonds. The predicted octanol–water partition coefficient (Wildman–Crippen LogP) is -2.46. The molecule has 0 atom stereocenters. The molecular formula is C22H46N4O11. The normalized spacial score (nSPS) is 10.6. The SMILES string of the molecule is CCN(CC)CC.O=C(O)CN(CCN(CC(=O)O)CC(=O)O)CC(=O)O.OCCN(CCO)CCO. The van der Waals surface area contributed by atoms with E-state index in [1.165, 1.54) is 19.6 Å². The Hall–Kier alpha value is -2.40. The van der Waals surface area contributed by atoms with Gasteiger partial charge in [0.2, 0.25) is 0 Å². The molecule has 0 saturated heterocycles. The highest BCUT2D eigenvalue weighted by molar-refractivity contribution is 5.73. The van der Waals surface area contributed by atoms with E-state index in [1.807, 2.05) is 0 Å². The summed E-state index contributed by atoms with van der Waals surface area (Å²) in [6, 6.07) is 0. The summed E-state index contributed by atoms with van der Waals surface area (Å²) >= 11 is 0. The molecule has 0 spiro atoms. The Morgan fingerprint density at radius 3 is 0.811 bits per heavy atom. The maximum absolute atomic E-state index is 10.6. The Labute approximate surface area is 218 Å². The molecule has 0 aliphatic rings. The van der Waals surface area contributed by atoms with Gasteiger partial charge in [-0.2, -0.15) is 0 Å². The van der Waals surface area contributed by atoms with Crippen molar-refractivity contribution in [3.63, 3.8) is 0 Å². The van der Waals surface area contributed by atoms with Crippen LogP contribution < -0.4 is 0 Å². The van der Waals surface area contributed by atoms with Crippen molar-refractivity contribution in [2.75, 3.05) is 98.4 Å². The van der Waals surface area contributed by atoms with Gasteiger partial charge >= 0.3 is 23.9 Å². The van der Waals surface area contributed by atoms with Gasteiger partial charge in [0.05, 0.1) is 46.0 Å². The fourth-order valence-corrected chi connectivity index (χ4v) is 2.91. The average Bonchev–Trinajstić information content (AvgIpc) is 2.78. The van der Waals surface area contributed by atoms with Crippen LogP contribution >= 0.6 is 0 Å². The lowest BCUT2D eigenvalue weighted by Crippen LogP contribution is -2.43. The molecule has 0 saturated carbocycles. The van der Waals surface area contributed by atoms with E-state index >= 15 is 0 Å². The lowest BCUT2D eigenvalue weighted by Gasteiger charge is -2.23. The third-order valence-electron chi connectivity index (χ3n) is 4.76. The lowest BCUT2D eigenvalue weighted by atomic mass is 10.4. The van der Waals surface area contributed by atoms with E-state index in [0.717, 1.165) is 9.80 Å². The molecule has 0 aromatic heterocycles. The molecule has 0 fully saturated rings. The summed E-state index contributed by atoms with van der Waals surface area (Å²) in [5.41, 5.74) is 0. The van der Waals surface area contributed by atoms with Gasteiger partial charge in [-0.1, -0.05) is 20.8 Å². The Balaban J connectivity index is -0.000000561. The summed E-state index contributed by atoms with van der Waals surface area (Å²) in [7, 11) is 0. The fourth-order valence-electron chi connectivity index (χ4n) is 2.91. The zero-order valence-corrected chi connectivity index (χ0v) is 22.2. The maximum Gasteiger partial charge on any atom is 0.317 e. The number of hydrogen-bond donors (Lipinski definition) is 7. The first-order valence-corrected chi connectivity index (χ1v) is 12.0. The summed E-state index contributed by atoms with van der Waals surface area (Å²) in [5, 5.41) is 59.9. The Kier molecular flexibility index (Phi) is 28.2. The van der Waals surface area contributed by atoms with Gasteiger partial charge < -0.3 is 40.6 Å². The highest BCUT2D eigenvalue weighted by Crippen LogP contribution is 1.94. The molecule has 37 heavy (non-hydrogen) atoms. The number of aliphatic hydroxyl groups excluding tert-OH is 3. The van der Waals surface area contributed by atoms with Crippen LogP contribution in [-0.2, 0) is 19.2 Å². The van der Waals surface area contributed by atoms with E-state index < -0.39 is 50.1 Å². The lowest BCUT2D eigenvalue weighted by molar-refractivity contribution is -0.145. The third-order valence-corrected chi connectivity index (χ3v) is 4.76. The third kappa shape index (κ3) is 29.7. The van der Waals surface area contributed by atoms with Crippen molar-refractivity contribution in [3.8, 4) is 0 Å². The number of carboxylic acid groups (broad SMARTS) is 4. The molecule has 15 nitrogen and oxygen atoms in total. The van der Waals surface area contributed by atoms with Gasteiger partial charge in [0, 0.05) is 32.7 Å². The van der Waals surface area contributed by atoms with Crippen molar-refractivity contribution in [2.24, 2.45) is 0 Å². The first-order valence-electron chi connectivity index (χ1n) is 12.0. The highest BCUT2D eigenvalue weighted by atomic mass is 16.4. The van der Waals surface area contributed by atoms with Crippen molar-refractivity contribution in [1.29, 1.82) is 0 Å². The second kappa shape index (κ2) is 26.7. The molecule has 0 bridgehead atoms. The molecular weight excluding hydrogens is 496 g/mol. The van der Waals surface area contributed by atoms with Crippen LogP contribution in [0.25, 0.3) is 0 Å². The number of aliphatic hydroxyl groups is 3. The van der Waals surface area contributed by atoms with E-state index in [-0.39, 0.29) is 32.9 Å². The quantitative estimate of drug-likeness (QED) is 0.0847. The smallest absolute Gasteiger partial charge is 0.317 e. The van der Waals surface area contributed by atoms with Crippen molar-refractivity contribution in [2.45, 2.75) is 20.8 Å². The molecule has 220 valence electrons. The van der Waals surface area contributed by atoms with E-state index in [4.69, 9.17) is 35.7 Å². The molecule has 0 radical (unpaired) electrons. The zero-order chi connectivity index (χ0) is 29.2. The van der Waals surface area contributed by atoms with Crippen LogP contribution in [-0.4, -0.2) is 178 Å². The number of nitrogens with zero attached hydrogens (tertiary/aromatic N) is 4. The summed E-state index contributed by atoms with van der Waals surface area (Å²) in [4.78, 5) is 48.5. The highest BCUT2D eigenvalue weighted by Gasteiger charge is 2.18. The minimum atomic E-state index is -1.23. The minimum Gasteiger partial charge on any atom is -0.480 e. The largest absolute Gasteiger partial charge is 0.480 e. The Morgan fingerprint density at radius 2 is 0.676 bits per heavy atom. The topological polar surface area (TPSA) is 223 Å². The summed E-state index contributed by atoms with van der Waals surface area (Å²) < 4.78 is 0. The fraction of sp³-hybridized carbons (Fsp3) is 0.818. The van der Waals surface area contributed by atoms with Crippen molar-refractivity contribution in [3.05, 3.63) is 0 Å². The van der Waals surface area contributed by atoms with E-state index in [2.05, 4.69) is 25.7 Å². The Morgan fingerprint density at radius 1 is 0.432 bits per heavy atom. The molecule has 0 rings (SSSR count). The number of aliphatic carboxylic acids is 4. The van der Waals surface area contributed by atoms with Gasteiger partial charge in [0.1, 0.15) is 0 Å². The van der Waals surface area contributed by atoms with Crippen LogP contribution in [0.2, 0.25) is 0 Å². The van der Waals surface area contributed by atoms with Crippen LogP contribution in [0, 0.1) is 0 Å². The molecule has 0 aliphatic heterocycles. The standard InChI is InChI=1S/C10H16N2O8.C6H15NO3.C6H15N/c13-7(14)3-11(4-8(15)16)1-2-12(5-9(17)18)6-10(19)20;8-4-1-7(2-5-9)3-6-10;1-4-7(5-2)6-3/h1-6H2,(H,13,14)(H,15,16)(H,17,18)(H,19,20);8-10H,1-6H2;4-6H2,1-3H3. The molecule has 0 aliphatic carbocycles. The number of carboxylic acids is 4. The first kappa shape index (κ1) is 39.1. The molecule has 7 N–H and O–H groups in total. The maximum atomic E-state index is 10.6. The molecule has 0 unspecified atom stereocenters. The molecule has 15 heteroatoms. The van der Waals surface area contributed by atoms with E-state index in [0.29, 0.717) is 19.6 Å². The van der Waals surface area contributed by atoms with Crippen LogP contribution in [0.3, 0.4) is 0 Å². The second-order valence-electron chi connectivity index (χ2n) is 7.63. The summed E-state index contributed by atoms with van der Waals surface area (Å²) in [5.74, 6) is -4.91. The molecule has 0 heterocycles. The van der Waals surface area contributed by atoms with E-state index in [9.17, 15) is 19.2 Å². The number of hydrogen-bond acceptors (Lipinski definition) is 11. The summed E-state index contributed by atoms with van der Waals surface area (Å²) in [6.07, 6.45) is 0. The van der Waals surface area contributed by atoms with Gasteiger partial charge in [0.25, 0.3) is 0 Å². The molecule has 0 aromatic rings. The van der Waals surface area contributed by atoms with Crippen LogP contribution in [0.4, 0.5) is 0 Å². The van der Waals surface area contributed by atoms with Gasteiger partial charge in [-0.3, -0.25) is 33.9 Å². The van der Waals surface area contributed by atoms with E-state index in [1.54, 1.807) is 4.90 Å². The average molecular weight is 543 g/mol. The minimum absolute atomic E-state index is 0.0694. The van der Waals surface area contributed by atoms with Gasteiger partial charge in [-0.25, -0.2) is 0 Å². The van der Waals surface area contributed by atoms with Crippen LogP contribution in [0.1, 0.15) is 20.8 Å². The summed E-state index contributed by atoms with van der Waals surface area (Å²) in [6.45, 7) is 9.63. The predicted molar refractivity (Wildman–Crippen MR) is 135 cm³/mol. The number of rotatable bonds is 20. The van der Waals surface area contributed by atoms with Gasteiger partial charge in [-0.15, -0.1) is 0 Å². The van der Waals surface area contributed by atoms with Crippen molar-refractivity contribution in [1.82, 2.24) is 19.6 Å². The van der Waals surface area contributed by atoms with Crippen molar-refractivity contribution < 1.29 is 54.9 Å². The van der Waals surface area contributed by atoms with Gasteiger partial charge in [0.15, 0.2) is 0 Å². The second-order valence-corrected chi connectivity index (χ2v) is 7.63. The first-order chi connectivity index (χ1) is 17.4. The van der Waals surface area contributed by atoms with Crippen molar-refractivity contribution >= 4 is 23.9 Å². The van der Waals surface area contributed by atoms with Crippen LogP contribution in [0.15, 0.2) is 0 Å². The van der Waals surface area contributed by atoms with Gasteiger partial charge in [-0.05, 0) is 19.6 Å². The van der Waals surface area contributed by atoms with Crippen LogP contribution in [0.5, 0.6) is 0 Å². The molecule has 0 aromatic carbocycles.